The van der Waals surface area contributed by atoms with Gasteiger partial charge in [0.05, 0.1) is 5.02 Å². The van der Waals surface area contributed by atoms with Gasteiger partial charge in [0.25, 0.3) is 0 Å². The Labute approximate surface area is 97.5 Å². The van der Waals surface area contributed by atoms with E-state index >= 15 is 0 Å². The first-order valence-corrected chi connectivity index (χ1v) is 4.72. The monoisotopic (exact) mass is 251 g/mol. The number of rotatable bonds is 3. The minimum atomic E-state index is -1.05. The van der Waals surface area contributed by atoms with E-state index in [1.165, 1.54) is 19.2 Å². The molecule has 0 aliphatic carbocycles. The fourth-order valence-electron chi connectivity index (χ4n) is 0.732. The van der Waals surface area contributed by atoms with Gasteiger partial charge in [-0.2, -0.15) is 0 Å². The van der Waals surface area contributed by atoms with Crippen molar-refractivity contribution in [1.29, 1.82) is 0 Å². The SMILES string of the molecule is CN.O=C(O)COc1ccc(Cl)cc1Cl. The molecule has 0 aromatic heterocycles. The second kappa shape index (κ2) is 7.34. The number of halogens is 2. The summed E-state index contributed by atoms with van der Waals surface area (Å²) < 4.78 is 4.86. The second-order valence-corrected chi connectivity index (χ2v) is 3.10. The lowest BCUT2D eigenvalue weighted by atomic mass is 10.3. The van der Waals surface area contributed by atoms with Gasteiger partial charge in [-0.15, -0.1) is 0 Å². The van der Waals surface area contributed by atoms with Gasteiger partial charge in [-0.25, -0.2) is 4.79 Å². The third kappa shape index (κ3) is 5.47. The van der Waals surface area contributed by atoms with Gasteiger partial charge in [0.2, 0.25) is 0 Å². The van der Waals surface area contributed by atoms with Crippen LogP contribution in [0.25, 0.3) is 0 Å². The van der Waals surface area contributed by atoms with E-state index in [-0.39, 0.29) is 0 Å². The van der Waals surface area contributed by atoms with Crippen LogP contribution in [0.2, 0.25) is 10.0 Å². The van der Waals surface area contributed by atoms with Crippen LogP contribution in [-0.2, 0) is 4.79 Å². The van der Waals surface area contributed by atoms with Crippen LogP contribution in [0.15, 0.2) is 18.2 Å². The summed E-state index contributed by atoms with van der Waals surface area (Å²) in [6.45, 7) is -0.415. The first-order chi connectivity index (χ1) is 7.09. The Morgan fingerprint density at radius 1 is 1.47 bits per heavy atom. The predicted octanol–water partition coefficient (Wildman–Crippen LogP) is 2.03. The highest BCUT2D eigenvalue weighted by Gasteiger charge is 2.04. The van der Waals surface area contributed by atoms with E-state index in [1.807, 2.05) is 0 Å². The van der Waals surface area contributed by atoms with Crippen LogP contribution >= 0.6 is 23.2 Å². The second-order valence-electron chi connectivity index (χ2n) is 2.26. The molecule has 6 heteroatoms. The Kier molecular flexibility index (Phi) is 6.86. The van der Waals surface area contributed by atoms with E-state index in [1.54, 1.807) is 6.07 Å². The molecule has 0 amide bonds. The molecular formula is C9H11Cl2NO3. The van der Waals surface area contributed by atoms with Crippen LogP contribution in [0.3, 0.4) is 0 Å². The number of carbonyl (C=O) groups is 1. The van der Waals surface area contributed by atoms with Crippen LogP contribution in [0.4, 0.5) is 0 Å². The molecule has 15 heavy (non-hydrogen) atoms. The zero-order chi connectivity index (χ0) is 11.8. The molecule has 0 atom stereocenters. The molecule has 1 aromatic rings. The van der Waals surface area contributed by atoms with Crippen molar-refractivity contribution in [2.24, 2.45) is 5.73 Å². The molecule has 0 radical (unpaired) electrons. The summed E-state index contributed by atoms with van der Waals surface area (Å²) in [5, 5.41) is 9.11. The topological polar surface area (TPSA) is 72.6 Å². The zero-order valence-corrected chi connectivity index (χ0v) is 9.55. The first kappa shape index (κ1) is 14.0. The van der Waals surface area contributed by atoms with Gasteiger partial charge in [-0.1, -0.05) is 23.2 Å². The van der Waals surface area contributed by atoms with Crippen molar-refractivity contribution >= 4 is 29.2 Å². The third-order valence-corrected chi connectivity index (χ3v) is 1.78. The first-order valence-electron chi connectivity index (χ1n) is 3.97. The number of ether oxygens (including phenoxy) is 1. The number of hydrogen-bond donors (Lipinski definition) is 2. The lowest BCUT2D eigenvalue weighted by Gasteiger charge is -2.04. The van der Waals surface area contributed by atoms with E-state index in [2.05, 4.69) is 5.73 Å². The number of hydrogen-bond acceptors (Lipinski definition) is 3. The molecule has 3 N–H and O–H groups in total. The fourth-order valence-corrected chi connectivity index (χ4v) is 1.19. The summed E-state index contributed by atoms with van der Waals surface area (Å²) in [4.78, 5) is 10.2. The minimum Gasteiger partial charge on any atom is -0.480 e. The van der Waals surface area contributed by atoms with Gasteiger partial charge in [-0.05, 0) is 25.2 Å². The van der Waals surface area contributed by atoms with E-state index < -0.39 is 12.6 Å². The highest BCUT2D eigenvalue weighted by molar-refractivity contribution is 6.35. The molecule has 0 saturated heterocycles. The van der Waals surface area contributed by atoms with Crippen molar-refractivity contribution in [3.8, 4) is 5.75 Å². The Bertz CT molecular complexity index is 331. The Balaban J connectivity index is 0.000000921. The smallest absolute Gasteiger partial charge is 0.341 e. The van der Waals surface area contributed by atoms with Gasteiger partial charge in [0.1, 0.15) is 5.75 Å². The van der Waals surface area contributed by atoms with Crippen molar-refractivity contribution in [2.75, 3.05) is 13.7 Å². The van der Waals surface area contributed by atoms with Gasteiger partial charge in [0, 0.05) is 5.02 Å². The van der Waals surface area contributed by atoms with Crippen molar-refractivity contribution < 1.29 is 14.6 Å². The average molecular weight is 252 g/mol. The Morgan fingerprint density at radius 2 is 2.07 bits per heavy atom. The van der Waals surface area contributed by atoms with Gasteiger partial charge >= 0.3 is 5.97 Å². The summed E-state index contributed by atoms with van der Waals surface area (Å²) in [5.74, 6) is -0.737. The van der Waals surface area contributed by atoms with Crippen LogP contribution < -0.4 is 10.5 Å². The summed E-state index contributed by atoms with van der Waals surface area (Å²) in [5.41, 5.74) is 4.50. The summed E-state index contributed by atoms with van der Waals surface area (Å²) in [6.07, 6.45) is 0. The quantitative estimate of drug-likeness (QED) is 0.863. The maximum atomic E-state index is 10.2. The van der Waals surface area contributed by atoms with Crippen LogP contribution in [0.5, 0.6) is 5.75 Å². The van der Waals surface area contributed by atoms with E-state index in [9.17, 15) is 4.79 Å². The van der Waals surface area contributed by atoms with Gasteiger partial charge < -0.3 is 15.6 Å². The van der Waals surface area contributed by atoms with E-state index in [0.29, 0.717) is 15.8 Å². The molecule has 0 unspecified atom stereocenters. The number of aliphatic carboxylic acids is 1. The summed E-state index contributed by atoms with van der Waals surface area (Å²) in [6, 6.07) is 4.58. The molecule has 4 nitrogen and oxygen atoms in total. The molecule has 1 rings (SSSR count). The number of benzene rings is 1. The van der Waals surface area contributed by atoms with Crippen LogP contribution in [0.1, 0.15) is 0 Å². The molecule has 1 aromatic carbocycles. The van der Waals surface area contributed by atoms with Crippen LogP contribution in [0, 0.1) is 0 Å². The molecule has 0 bridgehead atoms. The maximum absolute atomic E-state index is 10.2. The normalized spacial score (nSPS) is 8.80. The van der Waals surface area contributed by atoms with Gasteiger partial charge in [0.15, 0.2) is 6.61 Å². The van der Waals surface area contributed by atoms with Crippen molar-refractivity contribution in [3.05, 3.63) is 28.2 Å². The Hall–Kier alpha value is -0.970. The fraction of sp³-hybridized carbons (Fsp3) is 0.222. The molecule has 0 saturated carbocycles. The predicted molar refractivity (Wildman–Crippen MR) is 59.7 cm³/mol. The summed E-state index contributed by atoms with van der Waals surface area (Å²) >= 11 is 11.3. The Morgan fingerprint density at radius 3 is 2.53 bits per heavy atom. The van der Waals surface area contributed by atoms with Crippen molar-refractivity contribution in [2.45, 2.75) is 0 Å². The van der Waals surface area contributed by atoms with Crippen molar-refractivity contribution in [1.82, 2.24) is 0 Å². The van der Waals surface area contributed by atoms with Crippen molar-refractivity contribution in [3.63, 3.8) is 0 Å². The highest BCUT2D eigenvalue weighted by Crippen LogP contribution is 2.27. The molecule has 0 spiro atoms. The number of carboxylic acids is 1. The molecular weight excluding hydrogens is 241 g/mol. The lowest BCUT2D eigenvalue weighted by Crippen LogP contribution is -2.09. The van der Waals surface area contributed by atoms with Crippen LogP contribution in [-0.4, -0.2) is 24.7 Å². The van der Waals surface area contributed by atoms with E-state index in [4.69, 9.17) is 33.0 Å². The molecule has 0 fully saturated rings. The average Bonchev–Trinajstić information content (AvgIpc) is 2.19. The molecule has 84 valence electrons. The molecule has 0 heterocycles. The highest BCUT2D eigenvalue weighted by atomic mass is 35.5. The summed E-state index contributed by atoms with van der Waals surface area (Å²) in [7, 11) is 1.50. The largest absolute Gasteiger partial charge is 0.480 e. The lowest BCUT2D eigenvalue weighted by molar-refractivity contribution is -0.139. The molecule has 0 aliphatic heterocycles. The molecule has 0 aliphatic rings. The standard InChI is InChI=1S/C8H6Cl2O3.CH5N/c9-5-1-2-7(6(10)3-5)13-4-8(11)12;1-2/h1-3H,4H2,(H,11,12);2H2,1H3. The third-order valence-electron chi connectivity index (χ3n) is 1.25. The van der Waals surface area contributed by atoms with Gasteiger partial charge in [-0.3, -0.25) is 0 Å². The zero-order valence-electron chi connectivity index (χ0n) is 8.04. The van der Waals surface area contributed by atoms with E-state index in [0.717, 1.165) is 0 Å². The number of nitrogens with two attached hydrogens (primary N) is 1. The number of carboxylic acid groups (broad SMARTS) is 1. The maximum Gasteiger partial charge on any atom is 0.341 e. The minimum absolute atomic E-state index is 0.300.